The van der Waals surface area contributed by atoms with E-state index < -0.39 is 44.2 Å². The van der Waals surface area contributed by atoms with Gasteiger partial charge in [-0.25, -0.2) is 17.2 Å². The lowest BCUT2D eigenvalue weighted by Gasteiger charge is -2.15. The third-order valence-corrected chi connectivity index (χ3v) is 3.93. The van der Waals surface area contributed by atoms with Gasteiger partial charge in [-0.15, -0.1) is 0 Å². The molecule has 0 aliphatic heterocycles. The number of carbonyl (C=O) groups is 1. The highest BCUT2D eigenvalue weighted by atomic mass is 32.2. The molecule has 0 heterocycles. The Bertz CT molecular complexity index is 696. The number of carbonyl (C=O) groups excluding carboxylic acids is 1. The Morgan fingerprint density at radius 1 is 1.33 bits per heavy atom. The number of benzene rings is 1. The van der Waals surface area contributed by atoms with E-state index >= 15 is 0 Å². The van der Waals surface area contributed by atoms with Gasteiger partial charge < -0.3 is 11.5 Å². The quantitative estimate of drug-likeness (QED) is 0.634. The van der Waals surface area contributed by atoms with E-state index in [0.717, 1.165) is 12.3 Å². The van der Waals surface area contributed by atoms with Gasteiger partial charge in [-0.05, 0) is 18.1 Å². The molecule has 9 heteroatoms. The standard InChI is InChI=1S/C12H15F2N3O3S/c1-3-6-4-5-7(11(18)17-12(15)16)8(10(13)14)9(6)21(2,19)20/h4-5,10H,3H2,1-2H3,(H4,15,16,17,18). The summed E-state index contributed by atoms with van der Waals surface area (Å²) in [6.07, 6.45) is -2.13. The molecule has 0 saturated carbocycles. The minimum Gasteiger partial charge on any atom is -0.370 e. The molecule has 0 spiro atoms. The van der Waals surface area contributed by atoms with Crippen LogP contribution in [0.2, 0.25) is 0 Å². The summed E-state index contributed by atoms with van der Waals surface area (Å²) in [4.78, 5) is 14.4. The Kier molecular flexibility index (Phi) is 5.00. The molecule has 0 atom stereocenters. The number of aryl methyl sites for hydroxylation is 1. The molecule has 0 fully saturated rings. The highest BCUT2D eigenvalue weighted by Crippen LogP contribution is 2.33. The van der Waals surface area contributed by atoms with Crippen molar-refractivity contribution >= 4 is 21.7 Å². The molecule has 0 saturated heterocycles. The minimum absolute atomic E-state index is 0.203. The van der Waals surface area contributed by atoms with Gasteiger partial charge in [0.2, 0.25) is 0 Å². The molecule has 116 valence electrons. The zero-order valence-electron chi connectivity index (χ0n) is 11.4. The number of nitrogens with two attached hydrogens (primary N) is 2. The SMILES string of the molecule is CCc1ccc(C(=O)N=C(N)N)c(C(F)F)c1S(C)(=O)=O. The van der Waals surface area contributed by atoms with Gasteiger partial charge in [0, 0.05) is 11.8 Å². The number of halogens is 2. The molecule has 0 bridgehead atoms. The van der Waals surface area contributed by atoms with Crippen LogP contribution in [0.3, 0.4) is 0 Å². The molecule has 0 radical (unpaired) electrons. The average molecular weight is 319 g/mol. The lowest BCUT2D eigenvalue weighted by Crippen LogP contribution is -2.24. The van der Waals surface area contributed by atoms with Crippen molar-refractivity contribution < 1.29 is 22.0 Å². The highest BCUT2D eigenvalue weighted by Gasteiger charge is 2.29. The Morgan fingerprint density at radius 3 is 2.29 bits per heavy atom. The molecule has 21 heavy (non-hydrogen) atoms. The normalized spacial score (nSPS) is 11.5. The van der Waals surface area contributed by atoms with Crippen molar-refractivity contribution in [3.63, 3.8) is 0 Å². The van der Waals surface area contributed by atoms with E-state index in [4.69, 9.17) is 11.5 Å². The summed E-state index contributed by atoms with van der Waals surface area (Å²) in [5.74, 6) is -1.71. The van der Waals surface area contributed by atoms with E-state index in [1.807, 2.05) is 0 Å². The first-order chi connectivity index (χ1) is 9.59. The van der Waals surface area contributed by atoms with Gasteiger partial charge in [-0.2, -0.15) is 4.99 Å². The van der Waals surface area contributed by atoms with Gasteiger partial charge in [0.25, 0.3) is 12.3 Å². The predicted molar refractivity (Wildman–Crippen MR) is 74.0 cm³/mol. The number of alkyl halides is 2. The van der Waals surface area contributed by atoms with E-state index in [2.05, 4.69) is 4.99 Å². The number of guanidine groups is 1. The molecule has 1 rings (SSSR count). The fraction of sp³-hybridized carbons (Fsp3) is 0.333. The molecule has 1 aromatic carbocycles. The van der Waals surface area contributed by atoms with Crippen LogP contribution in [0, 0.1) is 0 Å². The first-order valence-corrected chi connectivity index (χ1v) is 7.76. The number of hydrogen-bond acceptors (Lipinski definition) is 3. The van der Waals surface area contributed by atoms with Crippen molar-refractivity contribution in [2.45, 2.75) is 24.7 Å². The molecule has 0 aliphatic carbocycles. The fourth-order valence-electron chi connectivity index (χ4n) is 1.94. The second-order valence-electron chi connectivity index (χ2n) is 4.28. The van der Waals surface area contributed by atoms with E-state index in [1.165, 1.54) is 6.07 Å². The van der Waals surface area contributed by atoms with Crippen molar-refractivity contribution in [2.24, 2.45) is 16.5 Å². The van der Waals surface area contributed by atoms with Crippen LogP contribution in [0.1, 0.15) is 34.8 Å². The van der Waals surface area contributed by atoms with E-state index in [9.17, 15) is 22.0 Å². The maximum atomic E-state index is 13.3. The topological polar surface area (TPSA) is 116 Å². The Morgan fingerprint density at radius 2 is 1.90 bits per heavy atom. The van der Waals surface area contributed by atoms with Gasteiger partial charge in [-0.1, -0.05) is 13.0 Å². The zero-order valence-corrected chi connectivity index (χ0v) is 12.2. The van der Waals surface area contributed by atoms with Crippen LogP contribution in [0.15, 0.2) is 22.0 Å². The molecule has 1 aromatic rings. The van der Waals surface area contributed by atoms with Crippen molar-refractivity contribution in [1.29, 1.82) is 0 Å². The predicted octanol–water partition coefficient (Wildman–Crippen LogP) is 1.00. The van der Waals surface area contributed by atoms with Crippen LogP contribution in [-0.2, 0) is 16.3 Å². The summed E-state index contributed by atoms with van der Waals surface area (Å²) < 4.78 is 50.2. The van der Waals surface area contributed by atoms with Crippen LogP contribution in [-0.4, -0.2) is 26.5 Å². The fourth-order valence-corrected chi connectivity index (χ4v) is 3.23. The molecule has 4 N–H and O–H groups in total. The largest absolute Gasteiger partial charge is 0.370 e. The van der Waals surface area contributed by atoms with Crippen LogP contribution < -0.4 is 11.5 Å². The van der Waals surface area contributed by atoms with Gasteiger partial charge in [-0.3, -0.25) is 4.79 Å². The number of rotatable bonds is 4. The Labute approximate surface area is 120 Å². The number of hydrogen-bond donors (Lipinski definition) is 2. The van der Waals surface area contributed by atoms with Gasteiger partial charge in [0.1, 0.15) is 0 Å². The summed E-state index contributed by atoms with van der Waals surface area (Å²) in [6.45, 7) is 1.62. The second kappa shape index (κ2) is 6.17. The van der Waals surface area contributed by atoms with Gasteiger partial charge in [0.05, 0.1) is 10.5 Å². The molecule has 1 amide bonds. The number of nitrogens with zero attached hydrogens (tertiary/aromatic N) is 1. The summed E-state index contributed by atoms with van der Waals surface area (Å²) in [7, 11) is -3.95. The smallest absolute Gasteiger partial charge is 0.280 e. The first-order valence-electron chi connectivity index (χ1n) is 5.87. The number of amides is 1. The van der Waals surface area contributed by atoms with Gasteiger partial charge >= 0.3 is 0 Å². The number of aliphatic imine (C=N–C) groups is 1. The van der Waals surface area contributed by atoms with Crippen LogP contribution in [0.5, 0.6) is 0 Å². The molecule has 0 unspecified atom stereocenters. The average Bonchev–Trinajstić information content (AvgIpc) is 2.34. The first kappa shape index (κ1) is 17.0. The highest BCUT2D eigenvalue weighted by molar-refractivity contribution is 7.90. The monoisotopic (exact) mass is 319 g/mol. The summed E-state index contributed by atoms with van der Waals surface area (Å²) >= 11 is 0. The van der Waals surface area contributed by atoms with Crippen molar-refractivity contribution in [3.8, 4) is 0 Å². The summed E-state index contributed by atoms with van der Waals surface area (Å²) in [6, 6.07) is 2.40. The van der Waals surface area contributed by atoms with Crippen LogP contribution >= 0.6 is 0 Å². The lowest BCUT2D eigenvalue weighted by atomic mass is 10.0. The minimum atomic E-state index is -3.95. The van der Waals surface area contributed by atoms with Crippen molar-refractivity contribution in [2.75, 3.05) is 6.26 Å². The van der Waals surface area contributed by atoms with Crippen molar-refractivity contribution in [1.82, 2.24) is 0 Å². The summed E-state index contributed by atoms with van der Waals surface area (Å²) in [5.41, 5.74) is 8.88. The zero-order chi connectivity index (χ0) is 16.4. The number of sulfone groups is 1. The molecule has 0 aliphatic rings. The van der Waals surface area contributed by atoms with Gasteiger partial charge in [0.15, 0.2) is 15.8 Å². The maximum absolute atomic E-state index is 13.3. The molecular formula is C12H15F2N3O3S. The molecular weight excluding hydrogens is 304 g/mol. The van der Waals surface area contributed by atoms with Crippen LogP contribution in [0.4, 0.5) is 8.78 Å². The molecule has 6 nitrogen and oxygen atoms in total. The van der Waals surface area contributed by atoms with Crippen molar-refractivity contribution in [3.05, 3.63) is 28.8 Å². The summed E-state index contributed by atoms with van der Waals surface area (Å²) in [5, 5.41) is 0. The second-order valence-corrected chi connectivity index (χ2v) is 6.24. The van der Waals surface area contributed by atoms with E-state index in [0.29, 0.717) is 0 Å². The molecule has 0 aromatic heterocycles. The van der Waals surface area contributed by atoms with E-state index in [-0.39, 0.29) is 12.0 Å². The lowest BCUT2D eigenvalue weighted by molar-refractivity contribution is 0.0986. The third kappa shape index (κ3) is 3.75. The third-order valence-electron chi connectivity index (χ3n) is 2.71. The van der Waals surface area contributed by atoms with E-state index in [1.54, 1.807) is 6.92 Å². The maximum Gasteiger partial charge on any atom is 0.280 e. The Hall–Kier alpha value is -2.03. The van der Waals surface area contributed by atoms with Crippen LogP contribution in [0.25, 0.3) is 0 Å². The Balaban J connectivity index is 3.78.